The van der Waals surface area contributed by atoms with Crippen LogP contribution in [-0.2, 0) is 6.42 Å². The summed E-state index contributed by atoms with van der Waals surface area (Å²) in [5, 5.41) is 10.2. The maximum atomic E-state index is 8.26. The summed E-state index contributed by atoms with van der Waals surface area (Å²) < 4.78 is 0. The number of nitrogen functional groups attached to an aromatic ring is 1. The molecule has 0 unspecified atom stereocenters. The van der Waals surface area contributed by atoms with Crippen LogP contribution in [0.5, 0.6) is 0 Å². The SMILES string of the molecule is Cl.N#CCc1sccc1N. The Kier molecular flexibility index (Phi) is 3.85. The van der Waals surface area contributed by atoms with Crippen LogP contribution in [-0.4, -0.2) is 0 Å². The molecule has 0 fully saturated rings. The number of anilines is 1. The Morgan fingerprint density at radius 2 is 2.40 bits per heavy atom. The molecule has 0 aromatic carbocycles. The zero-order chi connectivity index (χ0) is 6.69. The van der Waals surface area contributed by atoms with Crippen LogP contribution < -0.4 is 5.73 Å². The Morgan fingerprint density at radius 3 is 2.80 bits per heavy atom. The fourth-order valence-electron chi connectivity index (χ4n) is 0.566. The normalized spacial score (nSPS) is 7.90. The number of thiophene rings is 1. The van der Waals surface area contributed by atoms with E-state index in [2.05, 4.69) is 0 Å². The van der Waals surface area contributed by atoms with E-state index in [1.54, 1.807) is 0 Å². The van der Waals surface area contributed by atoms with E-state index >= 15 is 0 Å². The van der Waals surface area contributed by atoms with Crippen molar-refractivity contribution in [1.82, 2.24) is 0 Å². The van der Waals surface area contributed by atoms with Crippen molar-refractivity contribution < 1.29 is 0 Å². The standard InChI is InChI=1S/C6H6N2S.ClH/c7-3-1-6-5(8)2-4-9-6;/h2,4H,1,8H2;1H. The predicted octanol–water partition coefficient (Wildman–Crippen LogP) is 1.82. The van der Waals surface area contributed by atoms with Gasteiger partial charge in [0.2, 0.25) is 0 Å². The first kappa shape index (κ1) is 9.28. The van der Waals surface area contributed by atoms with Gasteiger partial charge in [0, 0.05) is 10.6 Å². The molecule has 0 aliphatic rings. The molecular formula is C6H7ClN2S. The maximum absolute atomic E-state index is 8.26. The molecule has 2 N–H and O–H groups in total. The molecule has 0 bridgehead atoms. The minimum atomic E-state index is 0. The number of hydrogen-bond donors (Lipinski definition) is 1. The van der Waals surface area contributed by atoms with Gasteiger partial charge in [0.1, 0.15) is 0 Å². The molecular weight excluding hydrogens is 168 g/mol. The lowest BCUT2D eigenvalue weighted by Crippen LogP contribution is -1.85. The molecule has 1 aromatic rings. The van der Waals surface area contributed by atoms with Gasteiger partial charge in [0.15, 0.2) is 0 Å². The summed E-state index contributed by atoms with van der Waals surface area (Å²) in [7, 11) is 0. The van der Waals surface area contributed by atoms with E-state index in [9.17, 15) is 0 Å². The fourth-order valence-corrected chi connectivity index (χ4v) is 1.30. The Morgan fingerprint density at radius 1 is 1.70 bits per heavy atom. The van der Waals surface area contributed by atoms with Crippen molar-refractivity contribution in [2.24, 2.45) is 0 Å². The second-order valence-electron chi connectivity index (χ2n) is 1.63. The monoisotopic (exact) mass is 174 g/mol. The zero-order valence-electron chi connectivity index (χ0n) is 5.20. The van der Waals surface area contributed by atoms with Gasteiger partial charge in [-0.1, -0.05) is 0 Å². The van der Waals surface area contributed by atoms with E-state index in [0.29, 0.717) is 6.42 Å². The van der Waals surface area contributed by atoms with E-state index in [0.717, 1.165) is 10.6 Å². The van der Waals surface area contributed by atoms with E-state index in [1.165, 1.54) is 11.3 Å². The lowest BCUT2D eigenvalue weighted by molar-refractivity contribution is 1.32. The molecule has 1 heterocycles. The van der Waals surface area contributed by atoms with Crippen LogP contribution in [0.15, 0.2) is 11.4 Å². The number of rotatable bonds is 1. The lowest BCUT2D eigenvalue weighted by Gasteiger charge is -1.86. The number of halogens is 1. The van der Waals surface area contributed by atoms with E-state index in [-0.39, 0.29) is 12.4 Å². The molecule has 1 rings (SSSR count). The summed E-state index contributed by atoms with van der Waals surface area (Å²) in [6.45, 7) is 0. The molecule has 0 saturated heterocycles. The van der Waals surface area contributed by atoms with Gasteiger partial charge >= 0.3 is 0 Å². The molecule has 0 amide bonds. The van der Waals surface area contributed by atoms with Crippen LogP contribution in [0.25, 0.3) is 0 Å². The molecule has 0 atom stereocenters. The summed E-state index contributed by atoms with van der Waals surface area (Å²) in [6.07, 6.45) is 0.434. The van der Waals surface area contributed by atoms with Gasteiger partial charge in [0.05, 0.1) is 12.5 Å². The van der Waals surface area contributed by atoms with Gasteiger partial charge < -0.3 is 5.73 Å². The van der Waals surface area contributed by atoms with Crippen molar-refractivity contribution in [1.29, 1.82) is 5.26 Å². The molecule has 0 radical (unpaired) electrons. The van der Waals surface area contributed by atoms with E-state index < -0.39 is 0 Å². The fraction of sp³-hybridized carbons (Fsp3) is 0.167. The second-order valence-corrected chi connectivity index (χ2v) is 2.63. The van der Waals surface area contributed by atoms with Crippen LogP contribution in [0.2, 0.25) is 0 Å². The number of nitriles is 1. The van der Waals surface area contributed by atoms with Gasteiger partial charge in [0.25, 0.3) is 0 Å². The van der Waals surface area contributed by atoms with Crippen LogP contribution in [0.4, 0.5) is 5.69 Å². The predicted molar refractivity (Wildman–Crippen MR) is 45.3 cm³/mol. The largest absolute Gasteiger partial charge is 0.398 e. The van der Waals surface area contributed by atoms with Crippen LogP contribution in [0.1, 0.15) is 4.88 Å². The summed E-state index contributed by atoms with van der Waals surface area (Å²) in [4.78, 5) is 0.970. The van der Waals surface area contributed by atoms with Gasteiger partial charge in [-0.15, -0.1) is 23.7 Å². The number of hydrogen-bond acceptors (Lipinski definition) is 3. The molecule has 4 heteroatoms. The van der Waals surface area contributed by atoms with Crippen molar-refractivity contribution >= 4 is 29.4 Å². The Balaban J connectivity index is 0.000000810. The average Bonchev–Trinajstić information content (AvgIpc) is 2.18. The number of nitrogens with two attached hydrogens (primary N) is 1. The first-order valence-corrected chi connectivity index (χ1v) is 3.41. The molecule has 2 nitrogen and oxygen atoms in total. The molecule has 0 aliphatic heterocycles. The third-order valence-corrected chi connectivity index (χ3v) is 1.96. The van der Waals surface area contributed by atoms with Crippen molar-refractivity contribution in [3.63, 3.8) is 0 Å². The summed E-state index contributed by atoms with van der Waals surface area (Å²) >= 11 is 1.53. The Bertz CT molecular complexity index is 238. The van der Waals surface area contributed by atoms with Crippen LogP contribution >= 0.6 is 23.7 Å². The molecule has 0 saturated carbocycles. The first-order valence-electron chi connectivity index (χ1n) is 2.53. The third-order valence-electron chi connectivity index (χ3n) is 1.02. The molecule has 0 spiro atoms. The van der Waals surface area contributed by atoms with Crippen molar-refractivity contribution in [3.8, 4) is 6.07 Å². The highest BCUT2D eigenvalue weighted by Crippen LogP contribution is 2.18. The van der Waals surface area contributed by atoms with E-state index in [1.807, 2.05) is 17.5 Å². The Hall–Kier alpha value is -0.720. The third kappa shape index (κ3) is 1.90. The van der Waals surface area contributed by atoms with Crippen LogP contribution in [0.3, 0.4) is 0 Å². The molecule has 54 valence electrons. The van der Waals surface area contributed by atoms with Crippen molar-refractivity contribution in [3.05, 3.63) is 16.3 Å². The second kappa shape index (κ2) is 4.15. The van der Waals surface area contributed by atoms with Gasteiger partial charge in [-0.3, -0.25) is 0 Å². The van der Waals surface area contributed by atoms with Crippen molar-refractivity contribution in [2.45, 2.75) is 6.42 Å². The first-order chi connectivity index (χ1) is 4.34. The summed E-state index contributed by atoms with van der Waals surface area (Å²) in [5.41, 5.74) is 6.22. The minimum Gasteiger partial charge on any atom is -0.398 e. The smallest absolute Gasteiger partial charge is 0.0716 e. The highest BCUT2D eigenvalue weighted by Gasteiger charge is 1.96. The zero-order valence-corrected chi connectivity index (χ0v) is 6.84. The van der Waals surface area contributed by atoms with Gasteiger partial charge in [-0.25, -0.2) is 0 Å². The molecule has 10 heavy (non-hydrogen) atoms. The lowest BCUT2D eigenvalue weighted by atomic mass is 10.3. The summed E-state index contributed by atoms with van der Waals surface area (Å²) in [5.74, 6) is 0. The minimum absolute atomic E-state index is 0. The van der Waals surface area contributed by atoms with Gasteiger partial charge in [-0.05, 0) is 11.4 Å². The average molecular weight is 175 g/mol. The Labute approximate surface area is 69.7 Å². The topological polar surface area (TPSA) is 49.8 Å². The molecule has 0 aliphatic carbocycles. The van der Waals surface area contributed by atoms with Crippen LogP contribution in [0, 0.1) is 11.3 Å². The summed E-state index contributed by atoms with van der Waals surface area (Å²) in [6, 6.07) is 3.86. The quantitative estimate of drug-likeness (QED) is 0.706. The molecule has 1 aromatic heterocycles. The van der Waals surface area contributed by atoms with Gasteiger partial charge in [-0.2, -0.15) is 5.26 Å². The maximum Gasteiger partial charge on any atom is 0.0716 e. The van der Waals surface area contributed by atoms with E-state index in [4.69, 9.17) is 11.0 Å². The highest BCUT2D eigenvalue weighted by molar-refractivity contribution is 7.10. The highest BCUT2D eigenvalue weighted by atomic mass is 35.5. The number of nitrogens with zero attached hydrogens (tertiary/aromatic N) is 1. The van der Waals surface area contributed by atoms with Crippen molar-refractivity contribution in [2.75, 3.05) is 5.73 Å².